The van der Waals surface area contributed by atoms with Crippen LogP contribution in [-0.2, 0) is 14.3 Å². The number of carbonyl (C=O) groups is 2. The fraction of sp³-hybridized carbons (Fsp3) is 0.182. The summed E-state index contributed by atoms with van der Waals surface area (Å²) in [4.78, 5) is 23.5. The van der Waals surface area contributed by atoms with Crippen molar-refractivity contribution in [1.29, 1.82) is 0 Å². The summed E-state index contributed by atoms with van der Waals surface area (Å²) in [5.41, 5.74) is 7.60. The second kappa shape index (κ2) is 8.54. The molecule has 0 heterocycles. The zero-order chi connectivity index (χ0) is 20.1. The van der Waals surface area contributed by atoms with E-state index in [-0.39, 0.29) is 18.7 Å². The van der Waals surface area contributed by atoms with Crippen molar-refractivity contribution in [2.24, 2.45) is 5.73 Å². The SMILES string of the molecule is COC(=O)CC(NC(=O)CN)c1ccc(-c2cccc3ccccc23)cc1O. The fourth-order valence-electron chi connectivity index (χ4n) is 3.23. The summed E-state index contributed by atoms with van der Waals surface area (Å²) in [6, 6.07) is 18.4. The van der Waals surface area contributed by atoms with Gasteiger partial charge in [-0.15, -0.1) is 0 Å². The van der Waals surface area contributed by atoms with Crippen LogP contribution >= 0.6 is 0 Å². The van der Waals surface area contributed by atoms with Gasteiger partial charge >= 0.3 is 5.97 Å². The molecule has 0 aliphatic rings. The number of carbonyl (C=O) groups excluding carboxylic acids is 2. The van der Waals surface area contributed by atoms with Gasteiger partial charge in [-0.05, 0) is 28.0 Å². The summed E-state index contributed by atoms with van der Waals surface area (Å²) in [5.74, 6) is -0.942. The molecule has 0 saturated carbocycles. The van der Waals surface area contributed by atoms with Gasteiger partial charge in [-0.25, -0.2) is 0 Å². The van der Waals surface area contributed by atoms with Crippen molar-refractivity contribution < 1.29 is 19.4 Å². The van der Waals surface area contributed by atoms with Crippen LogP contribution in [0.4, 0.5) is 0 Å². The van der Waals surface area contributed by atoms with Crippen LogP contribution in [0, 0.1) is 0 Å². The first-order valence-electron chi connectivity index (χ1n) is 8.90. The molecule has 0 fully saturated rings. The Morgan fingerprint density at radius 2 is 1.86 bits per heavy atom. The molecule has 0 radical (unpaired) electrons. The lowest BCUT2D eigenvalue weighted by Gasteiger charge is -2.19. The molecule has 3 rings (SSSR count). The van der Waals surface area contributed by atoms with Crippen LogP contribution in [-0.4, -0.2) is 30.6 Å². The summed E-state index contributed by atoms with van der Waals surface area (Å²) in [7, 11) is 1.27. The Balaban J connectivity index is 1.99. The van der Waals surface area contributed by atoms with Crippen molar-refractivity contribution in [3.8, 4) is 16.9 Å². The number of hydrogen-bond donors (Lipinski definition) is 3. The molecule has 6 nitrogen and oxygen atoms in total. The molecule has 0 aromatic heterocycles. The number of rotatable bonds is 6. The van der Waals surface area contributed by atoms with Gasteiger partial charge < -0.3 is 20.9 Å². The van der Waals surface area contributed by atoms with Gasteiger partial charge in [-0.3, -0.25) is 9.59 Å². The molecule has 4 N–H and O–H groups in total. The maximum atomic E-state index is 11.7. The van der Waals surface area contributed by atoms with E-state index in [1.807, 2.05) is 48.5 Å². The van der Waals surface area contributed by atoms with Crippen molar-refractivity contribution in [1.82, 2.24) is 5.32 Å². The van der Waals surface area contributed by atoms with Crippen molar-refractivity contribution in [3.05, 3.63) is 66.2 Å². The van der Waals surface area contributed by atoms with Crippen LogP contribution in [0.1, 0.15) is 18.0 Å². The van der Waals surface area contributed by atoms with Gasteiger partial charge in [-0.2, -0.15) is 0 Å². The van der Waals surface area contributed by atoms with E-state index in [4.69, 9.17) is 10.5 Å². The molecule has 0 aliphatic carbocycles. The maximum Gasteiger partial charge on any atom is 0.307 e. The molecule has 0 saturated heterocycles. The summed E-state index contributed by atoms with van der Waals surface area (Å²) >= 11 is 0. The Hall–Kier alpha value is -3.38. The highest BCUT2D eigenvalue weighted by atomic mass is 16.5. The number of phenols is 1. The number of ether oxygens (including phenoxy) is 1. The molecular weight excluding hydrogens is 356 g/mol. The number of amides is 1. The van der Waals surface area contributed by atoms with Crippen LogP contribution in [0.15, 0.2) is 60.7 Å². The van der Waals surface area contributed by atoms with Crippen molar-refractivity contribution in [2.75, 3.05) is 13.7 Å². The molecule has 3 aromatic rings. The average Bonchev–Trinajstić information content (AvgIpc) is 2.72. The highest BCUT2D eigenvalue weighted by Crippen LogP contribution is 2.34. The summed E-state index contributed by atoms with van der Waals surface area (Å²) in [6.45, 7) is -0.216. The van der Waals surface area contributed by atoms with Crippen LogP contribution < -0.4 is 11.1 Å². The van der Waals surface area contributed by atoms with Gasteiger partial charge in [0.05, 0.1) is 26.1 Å². The van der Waals surface area contributed by atoms with Gasteiger partial charge in [0.15, 0.2) is 0 Å². The minimum Gasteiger partial charge on any atom is -0.508 e. The van der Waals surface area contributed by atoms with Crippen LogP contribution in [0.2, 0.25) is 0 Å². The number of nitrogens with two attached hydrogens (primary N) is 1. The third-order valence-corrected chi connectivity index (χ3v) is 4.63. The van der Waals surface area contributed by atoms with E-state index in [0.29, 0.717) is 5.56 Å². The number of esters is 1. The largest absolute Gasteiger partial charge is 0.508 e. The third-order valence-electron chi connectivity index (χ3n) is 4.63. The number of benzene rings is 3. The predicted octanol–water partition coefficient (Wildman–Crippen LogP) is 2.89. The molecule has 0 aliphatic heterocycles. The first-order valence-corrected chi connectivity index (χ1v) is 8.90. The van der Waals surface area contributed by atoms with Crippen molar-refractivity contribution in [2.45, 2.75) is 12.5 Å². The summed E-state index contributed by atoms with van der Waals surface area (Å²) in [5, 5.41) is 15.5. The lowest BCUT2D eigenvalue weighted by molar-refractivity contribution is -0.141. The number of fused-ring (bicyclic) bond motifs is 1. The molecule has 1 unspecified atom stereocenters. The van der Waals surface area contributed by atoms with Gasteiger partial charge in [0, 0.05) is 5.56 Å². The highest BCUT2D eigenvalue weighted by molar-refractivity contribution is 5.96. The predicted molar refractivity (Wildman–Crippen MR) is 108 cm³/mol. The molecule has 1 amide bonds. The Bertz CT molecular complexity index is 993. The monoisotopic (exact) mass is 378 g/mol. The van der Waals surface area contributed by atoms with E-state index in [9.17, 15) is 14.7 Å². The quantitative estimate of drug-likeness (QED) is 0.573. The van der Waals surface area contributed by atoms with Gasteiger partial charge in [0.25, 0.3) is 0 Å². The molecule has 6 heteroatoms. The molecule has 144 valence electrons. The zero-order valence-corrected chi connectivity index (χ0v) is 15.5. The average molecular weight is 378 g/mol. The van der Waals surface area contributed by atoms with E-state index in [0.717, 1.165) is 21.9 Å². The standard InChI is InChI=1S/C22H22N2O4/c1-28-22(27)12-19(24-21(26)13-23)18-10-9-15(11-20(18)25)17-8-4-6-14-5-2-3-7-16(14)17/h2-11,19,25H,12-13,23H2,1H3,(H,24,26). The smallest absolute Gasteiger partial charge is 0.307 e. The molecule has 0 spiro atoms. The van der Waals surface area contributed by atoms with E-state index >= 15 is 0 Å². The number of hydrogen-bond acceptors (Lipinski definition) is 5. The van der Waals surface area contributed by atoms with E-state index < -0.39 is 17.9 Å². The number of methoxy groups -OCH3 is 1. The lowest BCUT2D eigenvalue weighted by atomic mass is 9.95. The normalized spacial score (nSPS) is 11.8. The number of aromatic hydroxyl groups is 1. The zero-order valence-electron chi connectivity index (χ0n) is 15.5. The minimum absolute atomic E-state index is 0.0170. The second-order valence-electron chi connectivity index (χ2n) is 6.40. The van der Waals surface area contributed by atoms with Crippen LogP contribution in [0.25, 0.3) is 21.9 Å². The maximum absolute atomic E-state index is 11.7. The molecule has 28 heavy (non-hydrogen) atoms. The first-order chi connectivity index (χ1) is 13.5. The Kier molecular flexibility index (Phi) is 5.91. The topological polar surface area (TPSA) is 102 Å². The van der Waals surface area contributed by atoms with E-state index in [1.54, 1.807) is 12.1 Å². The molecule has 3 aromatic carbocycles. The first kappa shape index (κ1) is 19.4. The minimum atomic E-state index is -0.731. The summed E-state index contributed by atoms with van der Waals surface area (Å²) < 4.78 is 4.70. The molecule has 0 bridgehead atoms. The molecular formula is C22H22N2O4. The third kappa shape index (κ3) is 4.13. The highest BCUT2D eigenvalue weighted by Gasteiger charge is 2.22. The van der Waals surface area contributed by atoms with Crippen molar-refractivity contribution >= 4 is 22.6 Å². The Labute approximate surface area is 162 Å². The fourth-order valence-corrected chi connectivity index (χ4v) is 3.23. The van der Waals surface area contributed by atoms with E-state index in [1.165, 1.54) is 7.11 Å². The van der Waals surface area contributed by atoms with E-state index in [2.05, 4.69) is 5.32 Å². The van der Waals surface area contributed by atoms with Gasteiger partial charge in [0.1, 0.15) is 5.75 Å². The van der Waals surface area contributed by atoms with Gasteiger partial charge in [-0.1, -0.05) is 54.6 Å². The van der Waals surface area contributed by atoms with Crippen LogP contribution in [0.5, 0.6) is 5.75 Å². The van der Waals surface area contributed by atoms with Crippen molar-refractivity contribution in [3.63, 3.8) is 0 Å². The number of phenolic OH excluding ortho intramolecular Hbond substituents is 1. The Morgan fingerprint density at radius 1 is 1.11 bits per heavy atom. The summed E-state index contributed by atoms with van der Waals surface area (Å²) in [6.07, 6.45) is -0.108. The van der Waals surface area contributed by atoms with Crippen LogP contribution in [0.3, 0.4) is 0 Å². The Morgan fingerprint density at radius 3 is 2.57 bits per heavy atom. The lowest BCUT2D eigenvalue weighted by Crippen LogP contribution is -2.35. The molecule has 1 atom stereocenters. The second-order valence-corrected chi connectivity index (χ2v) is 6.40. The number of nitrogens with one attached hydrogen (secondary N) is 1. The van der Waals surface area contributed by atoms with Gasteiger partial charge in [0.2, 0.25) is 5.91 Å².